The third-order valence-corrected chi connectivity index (χ3v) is 2.75. The molecule has 0 unspecified atom stereocenters. The number of sulfonamides is 1. The van der Waals surface area contributed by atoms with Crippen molar-refractivity contribution in [1.82, 2.24) is 0 Å². The van der Waals surface area contributed by atoms with E-state index in [2.05, 4.69) is 0 Å². The highest BCUT2D eigenvalue weighted by Gasteiger charge is 2.26. The Hall–Kier alpha value is -1.84. The van der Waals surface area contributed by atoms with Gasteiger partial charge < -0.3 is 5.11 Å². The van der Waals surface area contributed by atoms with Crippen LogP contribution in [0, 0.1) is 11.6 Å². The van der Waals surface area contributed by atoms with Crippen LogP contribution in [0.3, 0.4) is 0 Å². The Bertz CT molecular complexity index is 587. The van der Waals surface area contributed by atoms with Crippen LogP contribution >= 0.6 is 0 Å². The molecule has 0 aromatic heterocycles. The van der Waals surface area contributed by atoms with Gasteiger partial charge in [-0.05, 0) is 6.07 Å². The maximum absolute atomic E-state index is 12.8. The number of aromatic carboxylic acids is 1. The number of nitrogens with one attached hydrogen (secondary N) is 1. The summed E-state index contributed by atoms with van der Waals surface area (Å²) in [7, 11) is -5.17. The van der Waals surface area contributed by atoms with Crippen molar-refractivity contribution in [2.45, 2.75) is 5.76 Å². The summed E-state index contributed by atoms with van der Waals surface area (Å²) >= 11 is 0. The molecule has 0 aliphatic rings. The normalized spacial score (nSPS) is 11.6. The Morgan fingerprint density at radius 1 is 1.22 bits per heavy atom. The number of rotatable bonds is 4. The molecule has 100 valence electrons. The van der Waals surface area contributed by atoms with Gasteiger partial charge in [0.25, 0.3) is 10.0 Å². The van der Waals surface area contributed by atoms with Gasteiger partial charge >= 0.3 is 11.7 Å². The molecule has 10 heteroatoms. The van der Waals surface area contributed by atoms with Gasteiger partial charge in [-0.25, -0.2) is 22.0 Å². The Morgan fingerprint density at radius 2 is 1.72 bits per heavy atom. The highest BCUT2D eigenvalue weighted by atomic mass is 32.2. The van der Waals surface area contributed by atoms with Crippen molar-refractivity contribution < 1.29 is 35.9 Å². The molecule has 1 aromatic carbocycles. The summed E-state index contributed by atoms with van der Waals surface area (Å²) < 4.78 is 72.4. The lowest BCUT2D eigenvalue weighted by Crippen LogP contribution is -2.22. The zero-order chi connectivity index (χ0) is 14.1. The quantitative estimate of drug-likeness (QED) is 0.824. The first-order valence-corrected chi connectivity index (χ1v) is 5.72. The molecule has 5 nitrogen and oxygen atoms in total. The van der Waals surface area contributed by atoms with Crippen LogP contribution in [0.2, 0.25) is 0 Å². The summed E-state index contributed by atoms with van der Waals surface area (Å²) in [6.45, 7) is 0. The average Bonchev–Trinajstić information content (AvgIpc) is 2.22. The molecule has 2 N–H and O–H groups in total. The Balaban J connectivity index is 3.32. The van der Waals surface area contributed by atoms with Crippen LogP contribution in [0.4, 0.5) is 23.2 Å². The van der Waals surface area contributed by atoms with Crippen LogP contribution in [0.25, 0.3) is 0 Å². The molecular weight excluding hydrogens is 282 g/mol. The zero-order valence-electron chi connectivity index (χ0n) is 8.32. The van der Waals surface area contributed by atoms with E-state index in [0.717, 1.165) is 0 Å². The van der Waals surface area contributed by atoms with Gasteiger partial charge in [0.05, 0.1) is 11.3 Å². The molecule has 0 heterocycles. The number of carbonyl (C=O) groups is 1. The van der Waals surface area contributed by atoms with Gasteiger partial charge in [-0.15, -0.1) is 0 Å². The lowest BCUT2D eigenvalue weighted by atomic mass is 10.2. The molecule has 0 saturated carbocycles. The molecule has 1 rings (SSSR count). The number of benzene rings is 1. The van der Waals surface area contributed by atoms with Gasteiger partial charge in [0.2, 0.25) is 0 Å². The summed E-state index contributed by atoms with van der Waals surface area (Å²) in [5.41, 5.74) is -1.97. The van der Waals surface area contributed by atoms with E-state index in [1.54, 1.807) is 0 Å². The third-order valence-electron chi connectivity index (χ3n) is 1.78. The second kappa shape index (κ2) is 4.80. The van der Waals surface area contributed by atoms with Crippen molar-refractivity contribution in [3.63, 3.8) is 0 Å². The fraction of sp³-hybridized carbons (Fsp3) is 0.125. The average molecular weight is 287 g/mol. The monoisotopic (exact) mass is 287 g/mol. The number of anilines is 1. The van der Waals surface area contributed by atoms with Crippen LogP contribution < -0.4 is 4.72 Å². The highest BCUT2D eigenvalue weighted by Crippen LogP contribution is 2.22. The summed E-state index contributed by atoms with van der Waals surface area (Å²) in [5, 5.41) is 8.60. The van der Waals surface area contributed by atoms with Gasteiger partial charge in [0, 0.05) is 6.07 Å². The van der Waals surface area contributed by atoms with Crippen LogP contribution in [-0.2, 0) is 10.0 Å². The maximum atomic E-state index is 12.8. The first kappa shape index (κ1) is 14.2. The van der Waals surface area contributed by atoms with Crippen molar-refractivity contribution >= 4 is 21.7 Å². The van der Waals surface area contributed by atoms with E-state index >= 15 is 0 Å². The van der Waals surface area contributed by atoms with E-state index in [4.69, 9.17) is 5.11 Å². The molecular formula is C8H5F4NO4S. The Morgan fingerprint density at radius 3 is 2.17 bits per heavy atom. The van der Waals surface area contributed by atoms with Gasteiger partial charge in [-0.2, -0.15) is 8.78 Å². The molecule has 0 saturated heterocycles. The molecule has 0 radical (unpaired) electrons. The van der Waals surface area contributed by atoms with E-state index in [0.29, 0.717) is 0 Å². The van der Waals surface area contributed by atoms with Crippen LogP contribution in [-0.4, -0.2) is 25.3 Å². The Kier molecular flexibility index (Phi) is 3.79. The van der Waals surface area contributed by atoms with E-state index in [1.165, 1.54) is 4.72 Å². The zero-order valence-corrected chi connectivity index (χ0v) is 9.14. The first-order valence-electron chi connectivity index (χ1n) is 4.17. The van der Waals surface area contributed by atoms with Crippen molar-refractivity contribution in [2.75, 3.05) is 4.72 Å². The highest BCUT2D eigenvalue weighted by molar-refractivity contribution is 7.93. The minimum atomic E-state index is -5.17. The molecule has 0 spiro atoms. The fourth-order valence-corrected chi connectivity index (χ4v) is 1.57. The minimum absolute atomic E-state index is 0.165. The summed E-state index contributed by atoms with van der Waals surface area (Å²) in [4.78, 5) is 10.6. The molecule has 0 aliphatic heterocycles. The smallest absolute Gasteiger partial charge is 0.355 e. The predicted molar refractivity (Wildman–Crippen MR) is 51.9 cm³/mol. The van der Waals surface area contributed by atoms with Gasteiger partial charge in [-0.3, -0.25) is 4.72 Å². The second-order valence-corrected chi connectivity index (χ2v) is 4.68. The lowest BCUT2D eigenvalue weighted by Gasteiger charge is -2.10. The SMILES string of the molecule is O=C(O)c1cc(F)c(F)cc1NS(=O)(=O)C(F)F. The van der Waals surface area contributed by atoms with Gasteiger partial charge in [0.1, 0.15) is 0 Å². The van der Waals surface area contributed by atoms with E-state index in [9.17, 15) is 30.8 Å². The molecule has 18 heavy (non-hydrogen) atoms. The van der Waals surface area contributed by atoms with E-state index < -0.39 is 44.6 Å². The molecule has 0 bridgehead atoms. The molecule has 0 aliphatic carbocycles. The molecule has 0 atom stereocenters. The number of carboxylic acids is 1. The van der Waals surface area contributed by atoms with Crippen LogP contribution in [0.5, 0.6) is 0 Å². The lowest BCUT2D eigenvalue weighted by molar-refractivity contribution is 0.0697. The Labute approximate surface area is 98.1 Å². The predicted octanol–water partition coefficient (Wildman–Crippen LogP) is 1.63. The first-order chi connectivity index (χ1) is 8.15. The molecule has 1 aromatic rings. The van der Waals surface area contributed by atoms with Crippen molar-refractivity contribution in [1.29, 1.82) is 0 Å². The number of carboxylic acid groups (broad SMARTS) is 1. The largest absolute Gasteiger partial charge is 0.478 e. The summed E-state index contributed by atoms with van der Waals surface area (Å²) in [6.07, 6.45) is 0. The van der Waals surface area contributed by atoms with Crippen molar-refractivity contribution in [3.8, 4) is 0 Å². The summed E-state index contributed by atoms with van der Waals surface area (Å²) in [6, 6.07) is 0.347. The van der Waals surface area contributed by atoms with Crippen LogP contribution in [0.1, 0.15) is 10.4 Å². The standard InChI is InChI=1S/C8H5F4NO4S/c9-4-1-3(7(14)15)6(2-5(4)10)13-18(16,17)8(11)12/h1-2,8,13H,(H,14,15). The van der Waals surface area contributed by atoms with Gasteiger partial charge in [0.15, 0.2) is 11.6 Å². The topological polar surface area (TPSA) is 83.5 Å². The third kappa shape index (κ3) is 2.88. The number of hydrogen-bond donors (Lipinski definition) is 2. The second-order valence-electron chi connectivity index (χ2n) is 3.02. The maximum Gasteiger partial charge on any atom is 0.355 e. The van der Waals surface area contributed by atoms with E-state index in [-0.39, 0.29) is 12.1 Å². The molecule has 0 amide bonds. The van der Waals surface area contributed by atoms with Crippen LogP contribution in [0.15, 0.2) is 12.1 Å². The molecule has 0 fully saturated rings. The van der Waals surface area contributed by atoms with Crippen molar-refractivity contribution in [2.24, 2.45) is 0 Å². The number of halogens is 4. The fourth-order valence-electron chi connectivity index (χ4n) is 1.01. The van der Waals surface area contributed by atoms with Crippen molar-refractivity contribution in [3.05, 3.63) is 29.3 Å². The van der Waals surface area contributed by atoms with Gasteiger partial charge in [-0.1, -0.05) is 0 Å². The van der Waals surface area contributed by atoms with E-state index in [1.807, 2.05) is 0 Å². The minimum Gasteiger partial charge on any atom is -0.478 e. The number of alkyl halides is 2. The number of hydrogen-bond acceptors (Lipinski definition) is 3. The summed E-state index contributed by atoms with van der Waals surface area (Å²) in [5.74, 6) is -8.77.